The highest BCUT2D eigenvalue weighted by Gasteiger charge is 2.20. The van der Waals surface area contributed by atoms with E-state index in [4.69, 9.17) is 17.3 Å². The molecule has 184 valence electrons. The molecule has 0 atom stereocenters. The lowest BCUT2D eigenvalue weighted by molar-refractivity contribution is -0.129. The Morgan fingerprint density at radius 1 is 1.00 bits per heavy atom. The number of aromatic nitrogens is 3. The number of pyridine rings is 1. The number of carbonyl (C=O) groups is 2. The Hall–Kier alpha value is -3.78. The van der Waals surface area contributed by atoms with E-state index in [0.717, 1.165) is 54.6 Å². The van der Waals surface area contributed by atoms with E-state index in [0.29, 0.717) is 16.6 Å². The van der Waals surface area contributed by atoms with Crippen LogP contribution in [0.4, 0.5) is 0 Å². The van der Waals surface area contributed by atoms with Crippen molar-refractivity contribution >= 4 is 35.1 Å². The van der Waals surface area contributed by atoms with E-state index in [2.05, 4.69) is 22.4 Å². The number of H-pyrrole nitrogens is 1. The number of fused-ring (bicyclic) bond motifs is 1. The normalized spacial score (nSPS) is 13.3. The van der Waals surface area contributed by atoms with Crippen LogP contribution < -0.4 is 5.32 Å². The number of nitrogens with one attached hydrogen (secondary N) is 2. The van der Waals surface area contributed by atoms with E-state index in [1.54, 1.807) is 6.20 Å². The zero-order valence-electron chi connectivity index (χ0n) is 20.1. The summed E-state index contributed by atoms with van der Waals surface area (Å²) in [7, 11) is 0. The van der Waals surface area contributed by atoms with Crippen LogP contribution in [0.3, 0.4) is 0 Å². The number of benzene rings is 2. The van der Waals surface area contributed by atoms with Crippen LogP contribution in [0.15, 0.2) is 66.9 Å². The molecule has 0 radical (unpaired) electrons. The fourth-order valence-electron chi connectivity index (χ4n) is 4.68. The number of rotatable bonds is 8. The first kappa shape index (κ1) is 23.9. The smallest absolute Gasteiger partial charge is 0.254 e. The number of hydrogen-bond acceptors (Lipinski definition) is 4. The summed E-state index contributed by atoms with van der Waals surface area (Å²) in [5.41, 5.74) is 4.08. The van der Waals surface area contributed by atoms with E-state index in [-0.39, 0.29) is 24.8 Å². The number of likely N-dealkylation sites (tertiary alicyclic amines) is 1. The van der Waals surface area contributed by atoms with Gasteiger partial charge in [0.2, 0.25) is 5.91 Å². The summed E-state index contributed by atoms with van der Waals surface area (Å²) in [6.07, 6.45) is 4.86. The lowest BCUT2D eigenvalue weighted by Crippen LogP contribution is -2.32. The van der Waals surface area contributed by atoms with Gasteiger partial charge in [0.05, 0.1) is 15.5 Å². The van der Waals surface area contributed by atoms with Gasteiger partial charge in [-0.05, 0) is 24.8 Å². The summed E-state index contributed by atoms with van der Waals surface area (Å²) >= 11 is 5.83. The predicted molar refractivity (Wildman–Crippen MR) is 143 cm³/mol. The maximum atomic E-state index is 13.0. The predicted octanol–water partition coefficient (Wildman–Crippen LogP) is 4.75. The molecule has 5 rings (SSSR count). The third-order valence-corrected chi connectivity index (χ3v) is 7.03. The molecular weight excluding hydrogens is 470 g/mol. The molecule has 1 aliphatic heterocycles. The Labute approximate surface area is 215 Å². The average Bonchev–Trinajstić information content (AvgIpc) is 3.58. The Morgan fingerprint density at radius 3 is 2.42 bits per heavy atom. The summed E-state index contributed by atoms with van der Waals surface area (Å²) in [6, 6.07) is 20.1. The molecule has 1 fully saturated rings. The fourth-order valence-corrected chi connectivity index (χ4v) is 5.02. The van der Waals surface area contributed by atoms with Crippen molar-refractivity contribution in [2.75, 3.05) is 19.6 Å². The van der Waals surface area contributed by atoms with Crippen LogP contribution in [0.25, 0.3) is 22.3 Å². The summed E-state index contributed by atoms with van der Waals surface area (Å²) in [5.74, 6) is -0.206. The highest BCUT2D eigenvalue weighted by molar-refractivity contribution is 7.71. The molecule has 7 nitrogen and oxygen atoms in total. The minimum atomic E-state index is -0.289. The van der Waals surface area contributed by atoms with E-state index in [1.807, 2.05) is 58.1 Å². The Balaban J connectivity index is 1.41. The molecule has 36 heavy (non-hydrogen) atoms. The van der Waals surface area contributed by atoms with E-state index < -0.39 is 0 Å². The number of hydrogen-bond donors (Lipinski definition) is 2. The monoisotopic (exact) mass is 499 g/mol. The third kappa shape index (κ3) is 5.09. The van der Waals surface area contributed by atoms with E-state index >= 15 is 0 Å². The van der Waals surface area contributed by atoms with Crippen molar-refractivity contribution in [1.29, 1.82) is 0 Å². The minimum absolute atomic E-state index is 0.0828. The Bertz CT molecular complexity index is 1420. The SMILES string of the molecule is O=C(NCCC(=O)N1CCCC1)c1c[nH]c2c(c(-c3ccccc3)nn2CCc2ccccc2)c1=S. The van der Waals surface area contributed by atoms with Gasteiger partial charge in [0, 0.05) is 44.4 Å². The number of aromatic amines is 1. The van der Waals surface area contributed by atoms with Crippen LogP contribution in [-0.2, 0) is 17.8 Å². The zero-order chi connectivity index (χ0) is 24.9. The lowest BCUT2D eigenvalue weighted by atomic mass is 10.1. The average molecular weight is 500 g/mol. The van der Waals surface area contributed by atoms with Gasteiger partial charge >= 0.3 is 0 Å². The van der Waals surface area contributed by atoms with Crippen molar-refractivity contribution in [3.63, 3.8) is 0 Å². The topological polar surface area (TPSA) is 83.0 Å². The molecule has 3 heterocycles. The van der Waals surface area contributed by atoms with Gasteiger partial charge in [0.25, 0.3) is 5.91 Å². The second-order valence-electron chi connectivity index (χ2n) is 9.02. The molecule has 1 saturated heterocycles. The van der Waals surface area contributed by atoms with Crippen molar-refractivity contribution in [2.24, 2.45) is 0 Å². The summed E-state index contributed by atoms with van der Waals surface area (Å²) < 4.78 is 2.38. The third-order valence-electron chi connectivity index (χ3n) is 6.61. The Kier molecular flexibility index (Phi) is 7.23. The molecule has 8 heteroatoms. The molecule has 0 spiro atoms. The number of nitrogens with zero attached hydrogens (tertiary/aromatic N) is 3. The highest BCUT2D eigenvalue weighted by atomic mass is 32.1. The fraction of sp³-hybridized carbons (Fsp3) is 0.286. The van der Waals surface area contributed by atoms with E-state index in [1.165, 1.54) is 5.56 Å². The van der Waals surface area contributed by atoms with Crippen molar-refractivity contribution in [3.05, 3.63) is 82.5 Å². The van der Waals surface area contributed by atoms with Crippen LogP contribution in [0.5, 0.6) is 0 Å². The van der Waals surface area contributed by atoms with Crippen LogP contribution in [0.1, 0.15) is 35.2 Å². The summed E-state index contributed by atoms with van der Waals surface area (Å²) in [5, 5.41) is 8.53. The van der Waals surface area contributed by atoms with Crippen LogP contribution in [-0.4, -0.2) is 51.1 Å². The first-order valence-electron chi connectivity index (χ1n) is 12.4. The van der Waals surface area contributed by atoms with E-state index in [9.17, 15) is 9.59 Å². The first-order valence-corrected chi connectivity index (χ1v) is 12.8. The number of aryl methyl sites for hydroxylation is 2. The van der Waals surface area contributed by atoms with Crippen LogP contribution in [0.2, 0.25) is 0 Å². The molecule has 4 aromatic rings. The van der Waals surface area contributed by atoms with Gasteiger partial charge in [-0.2, -0.15) is 5.10 Å². The summed E-state index contributed by atoms with van der Waals surface area (Å²) in [6.45, 7) is 2.57. The Morgan fingerprint density at radius 2 is 1.69 bits per heavy atom. The first-order chi connectivity index (χ1) is 17.6. The quantitative estimate of drug-likeness (QED) is 0.343. The van der Waals surface area contributed by atoms with Crippen LogP contribution in [0, 0.1) is 4.51 Å². The van der Waals surface area contributed by atoms with Crippen molar-refractivity contribution in [2.45, 2.75) is 32.2 Å². The maximum Gasteiger partial charge on any atom is 0.254 e. The second-order valence-corrected chi connectivity index (χ2v) is 9.43. The van der Waals surface area contributed by atoms with Gasteiger partial charge in [-0.25, -0.2) is 4.68 Å². The standard InChI is InChI=1S/C28H29N5O2S/c34-23(32-16-7-8-17-32)13-15-29-28(35)22-19-30-27-24(26(22)36)25(21-11-5-2-6-12-21)31-33(27)18-14-20-9-3-1-4-10-20/h1-6,9-12,19H,7-8,13-18H2,(H,29,35)(H,30,36). The van der Waals surface area contributed by atoms with Gasteiger partial charge in [0.1, 0.15) is 11.3 Å². The molecule has 2 aromatic carbocycles. The van der Waals surface area contributed by atoms with Crippen molar-refractivity contribution in [1.82, 2.24) is 25.0 Å². The molecule has 0 aliphatic carbocycles. The van der Waals surface area contributed by atoms with Gasteiger partial charge in [-0.3, -0.25) is 9.59 Å². The number of carbonyl (C=O) groups excluding carboxylic acids is 2. The van der Waals surface area contributed by atoms with Gasteiger partial charge in [-0.15, -0.1) is 0 Å². The molecule has 2 N–H and O–H groups in total. The largest absolute Gasteiger partial charge is 0.351 e. The molecule has 0 bridgehead atoms. The molecular formula is C28H29N5O2S. The molecule has 2 aromatic heterocycles. The molecule has 0 unspecified atom stereocenters. The van der Waals surface area contributed by atoms with Gasteiger partial charge < -0.3 is 15.2 Å². The van der Waals surface area contributed by atoms with Gasteiger partial charge in [-0.1, -0.05) is 72.9 Å². The zero-order valence-corrected chi connectivity index (χ0v) is 20.9. The highest BCUT2D eigenvalue weighted by Crippen LogP contribution is 2.29. The van der Waals surface area contributed by atoms with Crippen molar-refractivity contribution in [3.8, 4) is 11.3 Å². The lowest BCUT2D eigenvalue weighted by Gasteiger charge is -2.15. The molecule has 2 amide bonds. The molecule has 0 saturated carbocycles. The minimum Gasteiger partial charge on any atom is -0.351 e. The summed E-state index contributed by atoms with van der Waals surface area (Å²) in [4.78, 5) is 30.5. The van der Waals surface area contributed by atoms with Crippen molar-refractivity contribution < 1.29 is 9.59 Å². The number of amides is 2. The van der Waals surface area contributed by atoms with Gasteiger partial charge in [0.15, 0.2) is 0 Å². The molecule has 1 aliphatic rings. The van der Waals surface area contributed by atoms with Crippen LogP contribution >= 0.6 is 12.2 Å². The maximum absolute atomic E-state index is 13.0. The second kappa shape index (κ2) is 10.9.